The Morgan fingerprint density at radius 1 is 1.25 bits per heavy atom. The lowest BCUT2D eigenvalue weighted by atomic mass is 10.1. The minimum Gasteiger partial charge on any atom is -0.258 e. The molecular weight excluding hydrogens is 146 g/mol. The van der Waals surface area contributed by atoms with Crippen LogP contribution < -0.4 is 0 Å². The van der Waals surface area contributed by atoms with Gasteiger partial charge in [-0.15, -0.1) is 0 Å². The molecule has 1 heteroatoms. The predicted octanol–water partition coefficient (Wildman–Crippen LogP) is 2.84. The molecule has 0 fully saturated rings. The van der Waals surface area contributed by atoms with E-state index in [4.69, 9.17) is 0 Å². The zero-order valence-corrected chi connectivity index (χ0v) is 8.17. The van der Waals surface area contributed by atoms with Crippen LogP contribution in [0.5, 0.6) is 0 Å². The third-order valence-corrected chi connectivity index (χ3v) is 1.84. The van der Waals surface area contributed by atoms with Gasteiger partial charge in [-0.05, 0) is 30.9 Å². The number of nitrogens with zero attached hydrogens (tertiary/aromatic N) is 1. The second kappa shape index (κ2) is 4.24. The summed E-state index contributed by atoms with van der Waals surface area (Å²) in [5, 5.41) is 0. The molecule has 0 bridgehead atoms. The lowest BCUT2D eigenvalue weighted by Crippen LogP contribution is -1.98. The van der Waals surface area contributed by atoms with Crippen LogP contribution in [0.2, 0.25) is 0 Å². The molecule has 12 heavy (non-hydrogen) atoms. The first-order valence-corrected chi connectivity index (χ1v) is 4.67. The highest BCUT2D eigenvalue weighted by molar-refractivity contribution is 5.11. The molecule has 1 aromatic rings. The third kappa shape index (κ3) is 2.65. The molecule has 0 radical (unpaired) electrons. The fourth-order valence-electron chi connectivity index (χ4n) is 1.26. The molecule has 1 heterocycles. The summed E-state index contributed by atoms with van der Waals surface area (Å²) >= 11 is 0. The van der Waals surface area contributed by atoms with Gasteiger partial charge in [0.2, 0.25) is 0 Å². The van der Waals surface area contributed by atoms with Crippen molar-refractivity contribution in [2.75, 3.05) is 0 Å². The van der Waals surface area contributed by atoms with Gasteiger partial charge in [0.25, 0.3) is 0 Å². The van der Waals surface area contributed by atoms with Gasteiger partial charge in [-0.25, -0.2) is 0 Å². The first-order chi connectivity index (χ1) is 5.72. The maximum absolute atomic E-state index is 4.53. The molecule has 0 saturated heterocycles. The molecule has 0 aliphatic rings. The van der Waals surface area contributed by atoms with Gasteiger partial charge in [-0.1, -0.05) is 26.8 Å². The molecule has 1 rings (SSSR count). The van der Waals surface area contributed by atoms with Crippen LogP contribution in [0.25, 0.3) is 0 Å². The Balaban J connectivity index is 2.72. The summed E-state index contributed by atoms with van der Waals surface area (Å²) < 4.78 is 0. The first kappa shape index (κ1) is 9.24. The predicted molar refractivity (Wildman–Crippen MR) is 52.2 cm³/mol. The van der Waals surface area contributed by atoms with Crippen LogP contribution in [0, 0.1) is 5.92 Å². The zero-order chi connectivity index (χ0) is 8.97. The Morgan fingerprint density at radius 2 is 1.92 bits per heavy atom. The number of aromatic nitrogens is 1. The highest BCUT2D eigenvalue weighted by Crippen LogP contribution is 2.06. The van der Waals surface area contributed by atoms with Crippen molar-refractivity contribution in [2.24, 2.45) is 5.92 Å². The van der Waals surface area contributed by atoms with Gasteiger partial charge < -0.3 is 0 Å². The summed E-state index contributed by atoms with van der Waals surface area (Å²) in [5.74, 6) is 0.699. The highest BCUT2D eigenvalue weighted by atomic mass is 14.7. The van der Waals surface area contributed by atoms with Gasteiger partial charge in [0.1, 0.15) is 0 Å². The Morgan fingerprint density at radius 3 is 2.50 bits per heavy atom. The number of pyridine rings is 1. The number of hydrogen-bond donors (Lipinski definition) is 0. The maximum atomic E-state index is 4.53. The standard InChI is InChI=1S/C11H17N/c1-4-10-6-5-7-11(12-10)8-9(2)3/h5-7,9H,4,8H2,1-3H3. The molecule has 0 saturated carbocycles. The van der Waals surface area contributed by atoms with Crippen molar-refractivity contribution in [1.82, 2.24) is 4.98 Å². The van der Waals surface area contributed by atoms with Crippen LogP contribution in [-0.4, -0.2) is 4.98 Å². The summed E-state index contributed by atoms with van der Waals surface area (Å²) in [5.41, 5.74) is 2.43. The lowest BCUT2D eigenvalue weighted by molar-refractivity contribution is 0.633. The summed E-state index contributed by atoms with van der Waals surface area (Å²) in [4.78, 5) is 4.53. The fourth-order valence-corrected chi connectivity index (χ4v) is 1.26. The van der Waals surface area contributed by atoms with Crippen LogP contribution in [0.15, 0.2) is 18.2 Å². The molecule has 0 N–H and O–H groups in total. The van der Waals surface area contributed by atoms with Gasteiger partial charge >= 0.3 is 0 Å². The van der Waals surface area contributed by atoms with Crippen molar-refractivity contribution in [3.8, 4) is 0 Å². The van der Waals surface area contributed by atoms with Gasteiger partial charge in [-0.2, -0.15) is 0 Å². The van der Waals surface area contributed by atoms with Gasteiger partial charge in [-0.3, -0.25) is 4.98 Å². The number of aryl methyl sites for hydroxylation is 1. The minimum atomic E-state index is 0.699. The van der Waals surface area contributed by atoms with E-state index in [0.717, 1.165) is 12.8 Å². The second-order valence-corrected chi connectivity index (χ2v) is 3.57. The van der Waals surface area contributed by atoms with Crippen molar-refractivity contribution in [2.45, 2.75) is 33.6 Å². The van der Waals surface area contributed by atoms with E-state index in [2.05, 4.69) is 44.0 Å². The summed E-state index contributed by atoms with van der Waals surface area (Å²) in [6.07, 6.45) is 2.12. The molecule has 0 aliphatic carbocycles. The SMILES string of the molecule is CCc1cccc(CC(C)C)n1. The molecule has 0 unspecified atom stereocenters. The van der Waals surface area contributed by atoms with Crippen molar-refractivity contribution >= 4 is 0 Å². The summed E-state index contributed by atoms with van der Waals surface area (Å²) in [7, 11) is 0. The molecule has 0 aliphatic heterocycles. The Kier molecular flexibility index (Phi) is 3.27. The highest BCUT2D eigenvalue weighted by Gasteiger charge is 1.99. The van der Waals surface area contributed by atoms with E-state index in [-0.39, 0.29) is 0 Å². The fraction of sp³-hybridized carbons (Fsp3) is 0.545. The van der Waals surface area contributed by atoms with E-state index in [0.29, 0.717) is 5.92 Å². The van der Waals surface area contributed by atoms with Gasteiger partial charge in [0.15, 0.2) is 0 Å². The maximum Gasteiger partial charge on any atom is 0.0409 e. The van der Waals surface area contributed by atoms with Crippen molar-refractivity contribution < 1.29 is 0 Å². The minimum absolute atomic E-state index is 0.699. The zero-order valence-electron chi connectivity index (χ0n) is 8.17. The Bertz CT molecular complexity index is 241. The van der Waals surface area contributed by atoms with Gasteiger partial charge in [0.05, 0.1) is 0 Å². The van der Waals surface area contributed by atoms with Crippen LogP contribution in [0.1, 0.15) is 32.2 Å². The largest absolute Gasteiger partial charge is 0.258 e. The Hall–Kier alpha value is -0.850. The van der Waals surface area contributed by atoms with E-state index in [1.807, 2.05) is 0 Å². The second-order valence-electron chi connectivity index (χ2n) is 3.57. The summed E-state index contributed by atoms with van der Waals surface area (Å²) in [6.45, 7) is 6.59. The van der Waals surface area contributed by atoms with E-state index in [9.17, 15) is 0 Å². The molecule has 0 spiro atoms. The quantitative estimate of drug-likeness (QED) is 0.667. The van der Waals surface area contributed by atoms with Crippen molar-refractivity contribution in [3.05, 3.63) is 29.6 Å². The van der Waals surface area contributed by atoms with E-state index in [1.54, 1.807) is 0 Å². The topological polar surface area (TPSA) is 12.9 Å². The number of hydrogen-bond acceptors (Lipinski definition) is 1. The first-order valence-electron chi connectivity index (χ1n) is 4.67. The van der Waals surface area contributed by atoms with Gasteiger partial charge in [0, 0.05) is 11.4 Å². The van der Waals surface area contributed by atoms with E-state index >= 15 is 0 Å². The monoisotopic (exact) mass is 163 g/mol. The molecule has 0 atom stereocenters. The average molecular weight is 163 g/mol. The molecular formula is C11H17N. The average Bonchev–Trinajstić information content (AvgIpc) is 2.03. The van der Waals surface area contributed by atoms with Crippen LogP contribution in [0.4, 0.5) is 0 Å². The van der Waals surface area contributed by atoms with Crippen LogP contribution >= 0.6 is 0 Å². The third-order valence-electron chi connectivity index (χ3n) is 1.84. The Labute approximate surface area is 74.8 Å². The normalized spacial score (nSPS) is 10.7. The van der Waals surface area contributed by atoms with Crippen molar-refractivity contribution in [1.29, 1.82) is 0 Å². The molecule has 0 aromatic carbocycles. The summed E-state index contributed by atoms with van der Waals surface area (Å²) in [6, 6.07) is 6.30. The van der Waals surface area contributed by atoms with Crippen molar-refractivity contribution in [3.63, 3.8) is 0 Å². The smallest absolute Gasteiger partial charge is 0.0409 e. The lowest BCUT2D eigenvalue weighted by Gasteiger charge is -2.04. The van der Waals surface area contributed by atoms with Crippen LogP contribution in [0.3, 0.4) is 0 Å². The molecule has 66 valence electrons. The van der Waals surface area contributed by atoms with Crippen LogP contribution in [-0.2, 0) is 12.8 Å². The molecule has 1 nitrogen and oxygen atoms in total. The van der Waals surface area contributed by atoms with E-state index < -0.39 is 0 Å². The molecule has 0 amide bonds. The molecule has 1 aromatic heterocycles. The van der Waals surface area contributed by atoms with E-state index in [1.165, 1.54) is 11.4 Å². The number of rotatable bonds is 3.